The van der Waals surface area contributed by atoms with Crippen molar-refractivity contribution >= 4 is 95.7 Å². The van der Waals surface area contributed by atoms with Crippen LogP contribution in [0.1, 0.15) is 37.4 Å². The van der Waals surface area contributed by atoms with Crippen molar-refractivity contribution in [3.05, 3.63) is 190 Å². The minimum atomic E-state index is -4.62. The van der Waals surface area contributed by atoms with Gasteiger partial charge < -0.3 is 25.2 Å². The lowest BCUT2D eigenvalue weighted by atomic mass is 10.0. The largest absolute Gasteiger partial charge is 0.506 e. The number of nitrogens with zero attached hydrogens (tertiary/aromatic N) is 5. The van der Waals surface area contributed by atoms with Crippen LogP contribution in [0, 0.1) is 0 Å². The molecule has 0 aliphatic heterocycles. The van der Waals surface area contributed by atoms with E-state index in [1.807, 2.05) is 36.4 Å². The van der Waals surface area contributed by atoms with Crippen molar-refractivity contribution in [3.63, 3.8) is 0 Å². The molecule has 3 amide bonds. The summed E-state index contributed by atoms with van der Waals surface area (Å²) in [5, 5.41) is 48.8. The number of halogens is 4. The number of azo groups is 2. The summed E-state index contributed by atoms with van der Waals surface area (Å²) in [5.74, 6) is -1.37. The first-order valence-electron chi connectivity index (χ1n) is 20.5. The SMILES string of the molecule is O=C(NC(=O)c1ccc2c(N=Nc3ccc(C(=O)c4ccc(N=Nc5c(O)ccc6cc(CON=CONc7cccc(Br)c7)ccc56)cc4)cc3)c(O)ccc2c1)Nc1cccc(C(F)(F)F)c1. The van der Waals surface area contributed by atoms with Crippen LogP contribution in [0.2, 0.25) is 0 Å². The fourth-order valence-electron chi connectivity index (χ4n) is 6.76. The van der Waals surface area contributed by atoms with Crippen molar-refractivity contribution < 1.29 is 47.4 Å². The molecule has 0 aliphatic carbocycles. The molecule has 0 bridgehead atoms. The summed E-state index contributed by atoms with van der Waals surface area (Å²) < 4.78 is 40.1. The van der Waals surface area contributed by atoms with E-state index in [9.17, 15) is 37.8 Å². The van der Waals surface area contributed by atoms with Crippen LogP contribution in [-0.4, -0.2) is 34.3 Å². The molecule has 0 radical (unpaired) electrons. The number of hydrogen-bond acceptors (Lipinski definition) is 13. The standard InChI is InChI=1S/C50H34BrF3N8O7/c51-36-4-2-6-40(26-36)62-69-28-55-68-27-29-7-19-41-32(23-29)13-21-43(63)45(41)60-58-37-15-8-30(9-16-37)47(65)31-10-17-38(18-11-31)59-61-46-42-20-12-34(24-33(42)14-22-44(46)64)48(66)57-49(67)56-39-5-1-3-35(25-39)50(52,53)54/h1-26,28,62-64H,27H2,(H2,56,57,66,67). The molecule has 0 aliphatic rings. The summed E-state index contributed by atoms with van der Waals surface area (Å²) in [5.41, 5.74) is 5.10. The van der Waals surface area contributed by atoms with Crippen LogP contribution < -0.4 is 16.1 Å². The highest BCUT2D eigenvalue weighted by Gasteiger charge is 2.30. The molecule has 344 valence electrons. The maximum Gasteiger partial charge on any atom is 0.416 e. The highest BCUT2D eigenvalue weighted by molar-refractivity contribution is 9.10. The Morgan fingerprint density at radius 3 is 1.83 bits per heavy atom. The quantitative estimate of drug-likeness (QED) is 0.0232. The number of ketones is 1. The average Bonchev–Trinajstić information content (AvgIpc) is 3.34. The summed E-state index contributed by atoms with van der Waals surface area (Å²) in [4.78, 5) is 49.2. The summed E-state index contributed by atoms with van der Waals surface area (Å²) in [6.45, 7) is 0.159. The van der Waals surface area contributed by atoms with Gasteiger partial charge in [-0.25, -0.2) is 10.3 Å². The van der Waals surface area contributed by atoms with E-state index in [-0.39, 0.29) is 46.5 Å². The summed E-state index contributed by atoms with van der Waals surface area (Å²) in [6, 6.07) is 39.1. The number of anilines is 2. The first-order valence-corrected chi connectivity index (χ1v) is 21.3. The molecule has 8 rings (SSSR count). The molecule has 19 heteroatoms. The van der Waals surface area contributed by atoms with Gasteiger partial charge >= 0.3 is 12.2 Å². The summed E-state index contributed by atoms with van der Waals surface area (Å²) in [6.07, 6.45) is -3.48. The van der Waals surface area contributed by atoms with Gasteiger partial charge in [0.1, 0.15) is 29.5 Å². The number of carbonyl (C=O) groups excluding carboxylic acids is 3. The number of rotatable bonds is 14. The highest BCUT2D eigenvalue weighted by atomic mass is 79.9. The van der Waals surface area contributed by atoms with Crippen LogP contribution in [0.4, 0.5) is 52.1 Å². The van der Waals surface area contributed by atoms with Gasteiger partial charge in [-0.2, -0.15) is 23.4 Å². The van der Waals surface area contributed by atoms with E-state index < -0.39 is 23.7 Å². The molecule has 0 fully saturated rings. The van der Waals surface area contributed by atoms with Crippen molar-refractivity contribution in [1.29, 1.82) is 0 Å². The normalized spacial score (nSPS) is 11.7. The molecule has 69 heavy (non-hydrogen) atoms. The van der Waals surface area contributed by atoms with Crippen molar-refractivity contribution in [3.8, 4) is 11.5 Å². The number of carbonyl (C=O) groups is 3. The van der Waals surface area contributed by atoms with Crippen LogP contribution in [0.3, 0.4) is 0 Å². The minimum Gasteiger partial charge on any atom is -0.506 e. The molecule has 8 aromatic rings. The second-order valence-corrected chi connectivity index (χ2v) is 15.8. The smallest absolute Gasteiger partial charge is 0.416 e. The second kappa shape index (κ2) is 20.7. The number of aromatic hydroxyl groups is 2. The van der Waals surface area contributed by atoms with Gasteiger partial charge in [-0.1, -0.05) is 63.6 Å². The van der Waals surface area contributed by atoms with Gasteiger partial charge in [0.2, 0.25) is 6.40 Å². The van der Waals surface area contributed by atoms with E-state index in [1.54, 1.807) is 60.7 Å². The van der Waals surface area contributed by atoms with Crippen LogP contribution in [0.5, 0.6) is 11.5 Å². The number of phenols is 2. The number of amides is 3. The third kappa shape index (κ3) is 11.7. The van der Waals surface area contributed by atoms with Crippen molar-refractivity contribution in [1.82, 2.24) is 5.32 Å². The Balaban J connectivity index is 0.862. The Morgan fingerprint density at radius 1 is 0.623 bits per heavy atom. The molecule has 0 saturated carbocycles. The molecule has 0 aromatic heterocycles. The second-order valence-electron chi connectivity index (χ2n) is 14.9. The van der Waals surface area contributed by atoms with E-state index in [0.717, 1.165) is 45.7 Å². The number of fused-ring (bicyclic) bond motifs is 2. The molecule has 0 saturated heterocycles. The molecule has 0 spiro atoms. The predicted molar refractivity (Wildman–Crippen MR) is 256 cm³/mol. The first kappa shape index (κ1) is 46.6. The maximum atomic E-state index is 13.4. The lowest BCUT2D eigenvalue weighted by Gasteiger charge is -2.11. The number of nitrogens with one attached hydrogen (secondary N) is 3. The third-order valence-electron chi connectivity index (χ3n) is 10.1. The van der Waals surface area contributed by atoms with Gasteiger partial charge in [-0.15, -0.1) is 10.2 Å². The Bertz CT molecular complexity index is 3330. The fraction of sp³-hybridized carbons (Fsp3) is 0.0400. The molecular weight excluding hydrogens is 961 g/mol. The minimum absolute atomic E-state index is 0.0508. The lowest BCUT2D eigenvalue weighted by Crippen LogP contribution is -2.34. The molecular formula is C50H34BrF3N8O7. The molecule has 0 atom stereocenters. The van der Waals surface area contributed by atoms with E-state index >= 15 is 0 Å². The summed E-state index contributed by atoms with van der Waals surface area (Å²) >= 11 is 3.39. The highest BCUT2D eigenvalue weighted by Crippen LogP contribution is 2.38. The van der Waals surface area contributed by atoms with Gasteiger partial charge in [0.15, 0.2) is 5.78 Å². The molecule has 0 heterocycles. The van der Waals surface area contributed by atoms with Crippen LogP contribution in [-0.2, 0) is 22.5 Å². The van der Waals surface area contributed by atoms with Gasteiger partial charge in [0, 0.05) is 37.6 Å². The Hall–Kier alpha value is -8.97. The van der Waals surface area contributed by atoms with E-state index in [1.165, 1.54) is 42.5 Å². The zero-order valence-corrected chi connectivity index (χ0v) is 37.1. The van der Waals surface area contributed by atoms with Crippen molar-refractivity contribution in [2.75, 3.05) is 10.8 Å². The molecule has 15 nitrogen and oxygen atoms in total. The van der Waals surface area contributed by atoms with Gasteiger partial charge in [0.25, 0.3) is 5.91 Å². The number of hydrogen-bond donors (Lipinski definition) is 5. The first-order chi connectivity index (χ1) is 33.3. The van der Waals surface area contributed by atoms with E-state index in [4.69, 9.17) is 9.68 Å². The number of urea groups is 1. The van der Waals surface area contributed by atoms with E-state index in [0.29, 0.717) is 38.7 Å². The Kier molecular flexibility index (Phi) is 14.0. The predicted octanol–water partition coefficient (Wildman–Crippen LogP) is 13.7. The van der Waals surface area contributed by atoms with Crippen molar-refractivity contribution in [2.24, 2.45) is 25.6 Å². The zero-order valence-electron chi connectivity index (χ0n) is 35.5. The van der Waals surface area contributed by atoms with E-state index in [2.05, 4.69) is 57.7 Å². The molecule has 5 N–H and O–H groups in total. The molecule has 0 unspecified atom stereocenters. The maximum absolute atomic E-state index is 13.4. The lowest BCUT2D eigenvalue weighted by molar-refractivity contribution is -0.137. The van der Waals surface area contributed by atoms with Crippen molar-refractivity contribution in [2.45, 2.75) is 12.8 Å². The zero-order chi connectivity index (χ0) is 48.5. The number of oxime groups is 1. The number of imide groups is 1. The number of alkyl halides is 3. The monoisotopic (exact) mass is 994 g/mol. The topological polar surface area (TPSA) is 208 Å². The van der Waals surface area contributed by atoms with Crippen LogP contribution in [0.25, 0.3) is 21.5 Å². The van der Waals surface area contributed by atoms with Crippen LogP contribution in [0.15, 0.2) is 188 Å². The van der Waals surface area contributed by atoms with Crippen LogP contribution >= 0.6 is 15.9 Å². The Labute approximate surface area is 397 Å². The number of phenolic OH excluding ortho intramolecular Hbond substituents is 2. The third-order valence-corrected chi connectivity index (χ3v) is 10.6. The number of benzene rings is 8. The van der Waals surface area contributed by atoms with Gasteiger partial charge in [-0.3, -0.25) is 14.9 Å². The van der Waals surface area contributed by atoms with Gasteiger partial charge in [0.05, 0.1) is 22.6 Å². The fourth-order valence-corrected chi connectivity index (χ4v) is 7.16. The average molecular weight is 996 g/mol. The Morgan fingerprint density at radius 2 is 1.20 bits per heavy atom. The molecule has 8 aromatic carbocycles. The summed E-state index contributed by atoms with van der Waals surface area (Å²) in [7, 11) is 0. The van der Waals surface area contributed by atoms with Gasteiger partial charge in [-0.05, 0) is 132 Å².